The molecule has 0 aliphatic carbocycles. The highest BCUT2D eigenvalue weighted by Gasteiger charge is 2.19. The highest BCUT2D eigenvalue weighted by atomic mass is 35.5. The quantitative estimate of drug-likeness (QED) is 0.417. The molecule has 1 atom stereocenters. The van der Waals surface area contributed by atoms with Crippen LogP contribution in [0.4, 0.5) is 18.9 Å². The summed E-state index contributed by atoms with van der Waals surface area (Å²) in [7, 11) is 0. The number of halogens is 4. The van der Waals surface area contributed by atoms with Crippen LogP contribution in [0.1, 0.15) is 6.92 Å². The molecule has 0 saturated heterocycles. The molecule has 0 radical (unpaired) electrons. The van der Waals surface area contributed by atoms with Gasteiger partial charge in [-0.15, -0.1) is 11.3 Å². The standard InChI is InChI=1S/C18H13ClF3N3O2S2/c1-8(28-18-25-12-6-9(19)2-5-13(12)29-18)17(27)23-7-14(26)24-11-4-3-10(20)15(21)16(11)22/h2-6,8H,7H2,1H3,(H,23,27)(H,24,26). The molecule has 2 aromatic carbocycles. The van der Waals surface area contributed by atoms with Gasteiger partial charge in [-0.05, 0) is 37.3 Å². The van der Waals surface area contributed by atoms with Crippen LogP contribution in [0.25, 0.3) is 10.2 Å². The molecule has 0 bridgehead atoms. The molecule has 0 saturated carbocycles. The Labute approximate surface area is 176 Å². The fourth-order valence-corrected chi connectivity index (χ4v) is 4.64. The predicted molar refractivity (Wildman–Crippen MR) is 108 cm³/mol. The van der Waals surface area contributed by atoms with Crippen LogP contribution in [0.5, 0.6) is 0 Å². The fraction of sp³-hybridized carbons (Fsp3) is 0.167. The van der Waals surface area contributed by atoms with Gasteiger partial charge in [0, 0.05) is 5.02 Å². The molecule has 1 unspecified atom stereocenters. The van der Waals surface area contributed by atoms with E-state index in [-0.39, 0.29) is 0 Å². The molecule has 1 heterocycles. The molecule has 152 valence electrons. The summed E-state index contributed by atoms with van der Waals surface area (Å²) in [5, 5.41) is 4.49. The van der Waals surface area contributed by atoms with Crippen LogP contribution < -0.4 is 10.6 Å². The number of thiazole rings is 1. The van der Waals surface area contributed by atoms with E-state index in [0.717, 1.165) is 16.3 Å². The second-order valence-corrected chi connectivity index (χ2v) is 8.90. The van der Waals surface area contributed by atoms with E-state index in [1.165, 1.54) is 23.1 Å². The summed E-state index contributed by atoms with van der Waals surface area (Å²) < 4.78 is 41.3. The summed E-state index contributed by atoms with van der Waals surface area (Å²) in [6, 6.07) is 6.90. The van der Waals surface area contributed by atoms with Crippen LogP contribution in [-0.2, 0) is 9.59 Å². The van der Waals surface area contributed by atoms with Crippen LogP contribution in [-0.4, -0.2) is 28.6 Å². The summed E-state index contributed by atoms with van der Waals surface area (Å²) in [5.41, 5.74) is 0.212. The first-order valence-electron chi connectivity index (χ1n) is 8.18. The number of carbonyl (C=O) groups excluding carboxylic acids is 2. The first-order valence-corrected chi connectivity index (χ1v) is 10.3. The van der Waals surface area contributed by atoms with Crippen molar-refractivity contribution >= 4 is 62.4 Å². The van der Waals surface area contributed by atoms with Gasteiger partial charge in [-0.25, -0.2) is 18.2 Å². The van der Waals surface area contributed by atoms with E-state index in [2.05, 4.69) is 15.6 Å². The van der Waals surface area contributed by atoms with Gasteiger partial charge in [0.1, 0.15) is 0 Å². The number of nitrogens with one attached hydrogen (secondary N) is 2. The van der Waals surface area contributed by atoms with Crippen molar-refractivity contribution in [2.75, 3.05) is 11.9 Å². The Balaban J connectivity index is 1.54. The van der Waals surface area contributed by atoms with Crippen molar-refractivity contribution < 1.29 is 22.8 Å². The maximum atomic E-state index is 13.6. The lowest BCUT2D eigenvalue weighted by Gasteiger charge is -2.11. The van der Waals surface area contributed by atoms with Crippen LogP contribution in [0.3, 0.4) is 0 Å². The van der Waals surface area contributed by atoms with E-state index < -0.39 is 46.7 Å². The minimum Gasteiger partial charge on any atom is -0.346 e. The number of fused-ring (bicyclic) bond motifs is 1. The van der Waals surface area contributed by atoms with Crippen molar-refractivity contribution in [2.24, 2.45) is 0 Å². The monoisotopic (exact) mass is 459 g/mol. The maximum Gasteiger partial charge on any atom is 0.243 e. The first kappa shape index (κ1) is 21.4. The summed E-state index contributed by atoms with van der Waals surface area (Å²) in [6.07, 6.45) is 0. The molecule has 29 heavy (non-hydrogen) atoms. The second-order valence-electron chi connectivity index (χ2n) is 5.84. The molecule has 0 fully saturated rings. The van der Waals surface area contributed by atoms with Crippen LogP contribution >= 0.6 is 34.7 Å². The van der Waals surface area contributed by atoms with Gasteiger partial charge in [0.25, 0.3) is 0 Å². The van der Waals surface area contributed by atoms with Gasteiger partial charge in [-0.2, -0.15) is 0 Å². The van der Waals surface area contributed by atoms with E-state index in [9.17, 15) is 22.8 Å². The molecule has 5 nitrogen and oxygen atoms in total. The van der Waals surface area contributed by atoms with Crippen LogP contribution in [0.2, 0.25) is 5.02 Å². The van der Waals surface area contributed by atoms with E-state index in [0.29, 0.717) is 15.4 Å². The molecular weight excluding hydrogens is 447 g/mol. The molecule has 2 amide bonds. The van der Waals surface area contributed by atoms with E-state index >= 15 is 0 Å². The lowest BCUT2D eigenvalue weighted by atomic mass is 10.2. The summed E-state index contributed by atoms with van der Waals surface area (Å²) in [6.45, 7) is 1.18. The Bertz CT molecular complexity index is 1090. The number of thioether (sulfide) groups is 1. The number of carbonyl (C=O) groups is 2. The SMILES string of the molecule is CC(Sc1nc2cc(Cl)ccc2s1)C(=O)NCC(=O)Nc1ccc(F)c(F)c1F. The largest absolute Gasteiger partial charge is 0.346 e. The average Bonchev–Trinajstić information content (AvgIpc) is 3.07. The van der Waals surface area contributed by atoms with E-state index in [1.807, 2.05) is 6.07 Å². The smallest absolute Gasteiger partial charge is 0.243 e. The number of benzene rings is 2. The molecule has 3 aromatic rings. The third kappa shape index (κ3) is 5.20. The van der Waals surface area contributed by atoms with Gasteiger partial charge >= 0.3 is 0 Å². The number of hydrogen-bond donors (Lipinski definition) is 2. The third-order valence-electron chi connectivity index (χ3n) is 3.71. The van der Waals surface area contributed by atoms with E-state index in [1.54, 1.807) is 19.1 Å². The summed E-state index contributed by atoms with van der Waals surface area (Å²) in [5.74, 6) is -5.78. The van der Waals surface area contributed by atoms with Gasteiger partial charge in [0.2, 0.25) is 11.8 Å². The molecule has 0 spiro atoms. The number of anilines is 1. The Morgan fingerprint density at radius 2 is 1.97 bits per heavy atom. The first-order chi connectivity index (χ1) is 13.7. The minimum atomic E-state index is -1.69. The van der Waals surface area contributed by atoms with Gasteiger partial charge in [-0.3, -0.25) is 9.59 Å². The average molecular weight is 460 g/mol. The van der Waals surface area contributed by atoms with Crippen LogP contribution in [0, 0.1) is 17.5 Å². The highest BCUT2D eigenvalue weighted by molar-refractivity contribution is 8.02. The minimum absolute atomic E-state index is 0.437. The molecule has 1 aromatic heterocycles. The molecular formula is C18H13ClF3N3O2S2. The zero-order valence-corrected chi connectivity index (χ0v) is 17.2. The normalized spacial score (nSPS) is 12.0. The van der Waals surface area contributed by atoms with Gasteiger partial charge < -0.3 is 10.6 Å². The highest BCUT2D eigenvalue weighted by Crippen LogP contribution is 2.33. The van der Waals surface area contributed by atoms with Crippen molar-refractivity contribution in [3.05, 3.63) is 52.8 Å². The Morgan fingerprint density at radius 1 is 1.21 bits per heavy atom. The Kier molecular flexibility index (Phi) is 6.66. The Hall–Kier alpha value is -2.30. The topological polar surface area (TPSA) is 71.1 Å². The van der Waals surface area contributed by atoms with Crippen LogP contribution in [0.15, 0.2) is 34.7 Å². The lowest BCUT2D eigenvalue weighted by molar-refractivity contribution is -0.123. The van der Waals surface area contributed by atoms with Crippen molar-refractivity contribution in [3.63, 3.8) is 0 Å². The van der Waals surface area contributed by atoms with Gasteiger partial charge in [-0.1, -0.05) is 23.4 Å². The van der Waals surface area contributed by atoms with Gasteiger partial charge in [0.15, 0.2) is 21.8 Å². The predicted octanol–water partition coefficient (Wildman–Crippen LogP) is 4.60. The Morgan fingerprint density at radius 3 is 2.72 bits per heavy atom. The van der Waals surface area contributed by atoms with Crippen molar-refractivity contribution in [1.29, 1.82) is 0 Å². The number of nitrogens with zero attached hydrogens (tertiary/aromatic N) is 1. The fourth-order valence-electron chi connectivity index (χ4n) is 2.26. The molecule has 3 rings (SSSR count). The number of aromatic nitrogens is 1. The number of rotatable bonds is 6. The second kappa shape index (κ2) is 9.02. The van der Waals surface area contributed by atoms with Crippen molar-refractivity contribution in [2.45, 2.75) is 16.5 Å². The molecule has 0 aliphatic rings. The zero-order chi connectivity index (χ0) is 21.1. The molecule has 11 heteroatoms. The molecule has 0 aliphatic heterocycles. The zero-order valence-electron chi connectivity index (χ0n) is 14.8. The van der Waals surface area contributed by atoms with Crippen molar-refractivity contribution in [3.8, 4) is 0 Å². The number of amides is 2. The number of hydrogen-bond acceptors (Lipinski definition) is 5. The lowest BCUT2D eigenvalue weighted by Crippen LogP contribution is -2.37. The third-order valence-corrected chi connectivity index (χ3v) is 6.17. The maximum absolute atomic E-state index is 13.6. The van der Waals surface area contributed by atoms with E-state index in [4.69, 9.17) is 11.6 Å². The molecule has 2 N–H and O–H groups in total. The summed E-state index contributed by atoms with van der Waals surface area (Å²) in [4.78, 5) is 28.5. The summed E-state index contributed by atoms with van der Waals surface area (Å²) >= 11 is 8.55. The van der Waals surface area contributed by atoms with Gasteiger partial charge in [0.05, 0.1) is 27.7 Å². The van der Waals surface area contributed by atoms with Crippen molar-refractivity contribution in [1.82, 2.24) is 10.3 Å².